The van der Waals surface area contributed by atoms with Crippen molar-refractivity contribution in [2.45, 2.75) is 38.2 Å². The molecule has 0 saturated carbocycles. The molecule has 1 aliphatic heterocycles. The Labute approximate surface area is 209 Å². The maximum Gasteiger partial charge on any atom is 0.280 e. The molecule has 192 valence electrons. The summed E-state index contributed by atoms with van der Waals surface area (Å²) in [5.41, 5.74) is 4.35. The van der Waals surface area contributed by atoms with Crippen LogP contribution in [0.5, 0.6) is 5.75 Å². The van der Waals surface area contributed by atoms with Crippen LogP contribution in [0.3, 0.4) is 0 Å². The maximum absolute atomic E-state index is 14.8. The average Bonchev–Trinajstić information content (AvgIpc) is 3.36. The lowest BCUT2D eigenvalue weighted by Gasteiger charge is -2.20. The molecule has 1 heterocycles. The number of carbonyl (C=O) groups is 2. The van der Waals surface area contributed by atoms with Crippen molar-refractivity contribution in [3.05, 3.63) is 63.5 Å². The number of halogens is 1. The molecule has 0 radical (unpaired) electrons. The SMILES string of the molecule is COCCNC(=O)c1ccc(Cc2cc(C(=O)N=C3CCOC[C@@H]3O)c(OC)c3c2CCC3)cc1F. The van der Waals surface area contributed by atoms with Crippen molar-refractivity contribution in [1.82, 2.24) is 5.32 Å². The van der Waals surface area contributed by atoms with Gasteiger partial charge in [-0.1, -0.05) is 6.07 Å². The fraction of sp³-hybridized carbons (Fsp3) is 0.444. The van der Waals surface area contributed by atoms with Crippen molar-refractivity contribution in [3.63, 3.8) is 0 Å². The number of fused-ring (bicyclic) bond motifs is 1. The second-order valence-corrected chi connectivity index (χ2v) is 8.92. The van der Waals surface area contributed by atoms with Crippen molar-refractivity contribution >= 4 is 17.5 Å². The van der Waals surface area contributed by atoms with E-state index in [0.29, 0.717) is 55.2 Å². The molecule has 0 spiro atoms. The van der Waals surface area contributed by atoms with Gasteiger partial charge in [0.1, 0.15) is 17.7 Å². The van der Waals surface area contributed by atoms with Crippen LogP contribution in [-0.2, 0) is 28.7 Å². The molecule has 2 N–H and O–H groups in total. The molecule has 1 saturated heterocycles. The zero-order valence-corrected chi connectivity index (χ0v) is 20.6. The van der Waals surface area contributed by atoms with E-state index >= 15 is 0 Å². The quantitative estimate of drug-likeness (QED) is 0.542. The van der Waals surface area contributed by atoms with Gasteiger partial charge in [-0.15, -0.1) is 0 Å². The lowest BCUT2D eigenvalue weighted by atomic mass is 9.92. The molecule has 2 aromatic carbocycles. The lowest BCUT2D eigenvalue weighted by molar-refractivity contribution is 0.0523. The summed E-state index contributed by atoms with van der Waals surface area (Å²) < 4.78 is 30.6. The van der Waals surface area contributed by atoms with Gasteiger partial charge in [-0.25, -0.2) is 9.38 Å². The van der Waals surface area contributed by atoms with Gasteiger partial charge in [-0.05, 0) is 66.1 Å². The third-order valence-electron chi connectivity index (χ3n) is 6.55. The van der Waals surface area contributed by atoms with Crippen molar-refractivity contribution in [3.8, 4) is 5.75 Å². The highest BCUT2D eigenvalue weighted by atomic mass is 19.1. The van der Waals surface area contributed by atoms with Crippen molar-refractivity contribution in [2.24, 2.45) is 4.99 Å². The van der Waals surface area contributed by atoms with Crippen LogP contribution in [0.2, 0.25) is 0 Å². The highest BCUT2D eigenvalue weighted by molar-refractivity contribution is 6.07. The number of carbonyl (C=O) groups excluding carboxylic acids is 2. The van der Waals surface area contributed by atoms with E-state index in [1.165, 1.54) is 26.4 Å². The molecule has 0 bridgehead atoms. The van der Waals surface area contributed by atoms with E-state index in [9.17, 15) is 19.1 Å². The summed E-state index contributed by atoms with van der Waals surface area (Å²) in [6.45, 7) is 1.15. The van der Waals surface area contributed by atoms with Crippen LogP contribution in [0.15, 0.2) is 29.3 Å². The largest absolute Gasteiger partial charge is 0.496 e. The summed E-state index contributed by atoms with van der Waals surface area (Å²) >= 11 is 0. The van der Waals surface area contributed by atoms with Crippen LogP contribution >= 0.6 is 0 Å². The Morgan fingerprint density at radius 1 is 1.17 bits per heavy atom. The summed E-state index contributed by atoms with van der Waals surface area (Å²) in [6, 6.07) is 6.32. The number of rotatable bonds is 8. The molecule has 9 heteroatoms. The average molecular weight is 499 g/mol. The second kappa shape index (κ2) is 11.7. The Kier molecular flexibility index (Phi) is 8.45. The number of aliphatic hydroxyl groups is 1. The predicted molar refractivity (Wildman–Crippen MR) is 132 cm³/mol. The van der Waals surface area contributed by atoms with Crippen LogP contribution < -0.4 is 10.1 Å². The Morgan fingerprint density at radius 2 is 1.97 bits per heavy atom. The standard InChI is InChI=1S/C27H31FN2O6/c1-34-11-9-29-26(32)20-7-6-16(13-22(20)28)12-17-14-21(25(35-2)19-5-3-4-18(17)19)27(33)30-23-8-10-36-15-24(23)31/h6-7,13-14,24,31H,3-5,8-12,15H2,1-2H3,(H,29,32)/t24-/m0/s1. The number of benzene rings is 2. The molecule has 1 fully saturated rings. The Hall–Kier alpha value is -3.14. The Balaban J connectivity index is 1.63. The number of nitrogens with zero attached hydrogens (tertiary/aromatic N) is 1. The monoisotopic (exact) mass is 498 g/mol. The Morgan fingerprint density at radius 3 is 2.69 bits per heavy atom. The molecule has 8 nitrogen and oxygen atoms in total. The van der Waals surface area contributed by atoms with Gasteiger partial charge >= 0.3 is 0 Å². The van der Waals surface area contributed by atoms with Crippen molar-refractivity contribution in [1.29, 1.82) is 0 Å². The molecule has 4 rings (SSSR count). The first kappa shape index (κ1) is 25.9. The van der Waals surface area contributed by atoms with Gasteiger partial charge in [0.25, 0.3) is 11.8 Å². The van der Waals surface area contributed by atoms with Crippen LogP contribution in [0.4, 0.5) is 4.39 Å². The van der Waals surface area contributed by atoms with E-state index in [4.69, 9.17) is 14.2 Å². The van der Waals surface area contributed by atoms with Crippen LogP contribution in [0.1, 0.15) is 55.8 Å². The van der Waals surface area contributed by atoms with Crippen LogP contribution in [0, 0.1) is 5.82 Å². The van der Waals surface area contributed by atoms with Gasteiger partial charge in [0, 0.05) is 20.1 Å². The summed E-state index contributed by atoms with van der Waals surface area (Å²) in [5.74, 6) is -1.07. The summed E-state index contributed by atoms with van der Waals surface area (Å²) in [7, 11) is 3.06. The highest BCUT2D eigenvalue weighted by Gasteiger charge is 2.27. The van der Waals surface area contributed by atoms with Crippen molar-refractivity contribution < 1.29 is 33.3 Å². The van der Waals surface area contributed by atoms with Crippen LogP contribution in [-0.4, -0.2) is 69.3 Å². The van der Waals surface area contributed by atoms with Gasteiger partial charge in [-0.3, -0.25) is 9.59 Å². The minimum absolute atomic E-state index is 0.0310. The summed E-state index contributed by atoms with van der Waals surface area (Å²) in [5, 5.41) is 12.8. The number of ether oxygens (including phenoxy) is 3. The van der Waals surface area contributed by atoms with Gasteiger partial charge in [0.15, 0.2) is 0 Å². The number of methoxy groups -OCH3 is 2. The number of aliphatic imine (C=N–C) groups is 1. The first-order chi connectivity index (χ1) is 17.4. The van der Waals surface area contributed by atoms with Crippen molar-refractivity contribution in [2.75, 3.05) is 40.6 Å². The van der Waals surface area contributed by atoms with Gasteiger partial charge < -0.3 is 24.6 Å². The van der Waals surface area contributed by atoms with E-state index in [1.54, 1.807) is 12.1 Å². The first-order valence-corrected chi connectivity index (χ1v) is 12.1. The molecule has 1 atom stereocenters. The second-order valence-electron chi connectivity index (χ2n) is 8.92. The number of aliphatic hydroxyl groups excluding tert-OH is 1. The maximum atomic E-state index is 14.8. The fourth-order valence-corrected chi connectivity index (χ4v) is 4.78. The molecule has 2 aliphatic rings. The number of hydrogen-bond acceptors (Lipinski definition) is 6. The third-order valence-corrected chi connectivity index (χ3v) is 6.55. The smallest absolute Gasteiger partial charge is 0.280 e. The molecule has 2 aromatic rings. The molecular weight excluding hydrogens is 467 g/mol. The molecule has 36 heavy (non-hydrogen) atoms. The molecule has 0 unspecified atom stereocenters. The van der Waals surface area contributed by atoms with Gasteiger partial charge in [-0.2, -0.15) is 0 Å². The fourth-order valence-electron chi connectivity index (χ4n) is 4.78. The minimum atomic E-state index is -0.907. The highest BCUT2D eigenvalue weighted by Crippen LogP contribution is 2.38. The van der Waals surface area contributed by atoms with E-state index in [-0.39, 0.29) is 12.2 Å². The van der Waals surface area contributed by atoms with E-state index in [1.807, 2.05) is 0 Å². The topological polar surface area (TPSA) is 106 Å². The summed E-state index contributed by atoms with van der Waals surface area (Å²) in [4.78, 5) is 29.6. The molecular formula is C27H31FN2O6. The molecule has 1 aliphatic carbocycles. The number of nitrogens with one attached hydrogen (secondary N) is 1. The van der Waals surface area contributed by atoms with E-state index < -0.39 is 23.7 Å². The first-order valence-electron chi connectivity index (χ1n) is 12.1. The van der Waals surface area contributed by atoms with E-state index in [2.05, 4.69) is 10.3 Å². The summed E-state index contributed by atoms with van der Waals surface area (Å²) in [6.07, 6.45) is 2.41. The van der Waals surface area contributed by atoms with E-state index in [0.717, 1.165) is 36.0 Å². The van der Waals surface area contributed by atoms with Crippen LogP contribution in [0.25, 0.3) is 0 Å². The Bertz CT molecular complexity index is 1180. The van der Waals surface area contributed by atoms with Gasteiger partial charge in [0.05, 0.1) is 43.8 Å². The third kappa shape index (κ3) is 5.64. The zero-order valence-electron chi connectivity index (χ0n) is 20.6. The minimum Gasteiger partial charge on any atom is -0.496 e. The normalized spacial score (nSPS) is 18.2. The molecule has 2 amide bonds. The van der Waals surface area contributed by atoms with Gasteiger partial charge in [0.2, 0.25) is 0 Å². The predicted octanol–water partition coefficient (Wildman–Crippen LogP) is 2.65. The molecule has 0 aromatic heterocycles. The zero-order chi connectivity index (χ0) is 25.7. The number of hydrogen-bond donors (Lipinski definition) is 2. The number of amides is 2. The lowest BCUT2D eigenvalue weighted by Crippen LogP contribution is -2.33.